The van der Waals surface area contributed by atoms with Gasteiger partial charge in [-0.2, -0.15) is 0 Å². The lowest BCUT2D eigenvalue weighted by atomic mass is 10.1. The molecule has 2 rings (SSSR count). The molecule has 7 heteroatoms. The highest BCUT2D eigenvalue weighted by Gasteiger charge is 2.11. The maximum Gasteiger partial charge on any atom is 0.303 e. The number of aromatic nitrogens is 2. The number of carbonyl (C=O) groups excluding carboxylic acids is 1. The molecule has 0 radical (unpaired) electrons. The van der Waals surface area contributed by atoms with Crippen LogP contribution in [-0.2, 0) is 11.2 Å². The summed E-state index contributed by atoms with van der Waals surface area (Å²) in [7, 11) is 0. The molecule has 0 spiro atoms. The summed E-state index contributed by atoms with van der Waals surface area (Å²) < 4.78 is 0. The lowest BCUT2D eigenvalue weighted by molar-refractivity contribution is -0.136. The molecule has 0 bridgehead atoms. The second-order valence-corrected chi connectivity index (χ2v) is 4.30. The van der Waals surface area contributed by atoms with Gasteiger partial charge in [-0.15, -0.1) is 0 Å². The number of carbonyl (C=O) groups is 2. The Hall–Kier alpha value is -2.96. The van der Waals surface area contributed by atoms with E-state index in [1.54, 1.807) is 24.3 Å². The number of carboxylic acid groups (broad SMARTS) is 1. The van der Waals surface area contributed by atoms with Crippen LogP contribution in [0.25, 0.3) is 0 Å². The average Bonchev–Trinajstić information content (AvgIpc) is 2.47. The molecule has 0 unspecified atom stereocenters. The molecule has 21 heavy (non-hydrogen) atoms. The molecule has 108 valence electrons. The second kappa shape index (κ2) is 6.47. The SMILES string of the molecule is O=C(O)CCc1ccccc1NC(=O)c1c[nH]c(=O)cn1. The van der Waals surface area contributed by atoms with Crippen LogP contribution in [0.15, 0.2) is 41.5 Å². The largest absolute Gasteiger partial charge is 0.481 e. The zero-order valence-electron chi connectivity index (χ0n) is 11.0. The smallest absolute Gasteiger partial charge is 0.303 e. The van der Waals surface area contributed by atoms with Gasteiger partial charge >= 0.3 is 5.97 Å². The first kappa shape index (κ1) is 14.4. The number of carboxylic acids is 1. The highest BCUT2D eigenvalue weighted by molar-refractivity contribution is 6.03. The third-order valence-electron chi connectivity index (χ3n) is 2.78. The van der Waals surface area contributed by atoms with E-state index in [2.05, 4.69) is 15.3 Å². The fourth-order valence-electron chi connectivity index (χ4n) is 1.75. The first-order valence-electron chi connectivity index (χ1n) is 6.22. The summed E-state index contributed by atoms with van der Waals surface area (Å²) >= 11 is 0. The van der Waals surface area contributed by atoms with E-state index in [1.807, 2.05) is 0 Å². The molecule has 0 aliphatic carbocycles. The van der Waals surface area contributed by atoms with Gasteiger partial charge in [-0.3, -0.25) is 14.4 Å². The van der Waals surface area contributed by atoms with Crippen LogP contribution in [0.5, 0.6) is 0 Å². The van der Waals surface area contributed by atoms with Crippen LogP contribution in [0, 0.1) is 0 Å². The molecule has 0 fully saturated rings. The Morgan fingerprint density at radius 3 is 2.71 bits per heavy atom. The van der Waals surface area contributed by atoms with Crippen LogP contribution in [0.4, 0.5) is 5.69 Å². The predicted octanol–water partition coefficient (Wildman–Crippen LogP) is 1.04. The third-order valence-corrected chi connectivity index (χ3v) is 2.78. The number of aliphatic carboxylic acids is 1. The van der Waals surface area contributed by atoms with Crippen molar-refractivity contribution in [3.8, 4) is 0 Å². The molecule has 0 aliphatic heterocycles. The van der Waals surface area contributed by atoms with Gasteiger partial charge in [0.2, 0.25) is 0 Å². The molecule has 2 aromatic rings. The molecule has 0 saturated carbocycles. The molecule has 0 atom stereocenters. The number of nitrogens with one attached hydrogen (secondary N) is 2. The first-order chi connectivity index (χ1) is 10.1. The van der Waals surface area contributed by atoms with E-state index in [0.29, 0.717) is 12.1 Å². The lowest BCUT2D eigenvalue weighted by Crippen LogP contribution is -2.17. The Balaban J connectivity index is 2.15. The number of hydrogen-bond donors (Lipinski definition) is 3. The van der Waals surface area contributed by atoms with Gasteiger partial charge in [-0.05, 0) is 18.1 Å². The summed E-state index contributed by atoms with van der Waals surface area (Å²) in [6.07, 6.45) is 2.53. The van der Waals surface area contributed by atoms with Crippen molar-refractivity contribution in [3.05, 3.63) is 58.3 Å². The zero-order valence-corrected chi connectivity index (χ0v) is 11.0. The quantitative estimate of drug-likeness (QED) is 0.760. The van der Waals surface area contributed by atoms with E-state index >= 15 is 0 Å². The Morgan fingerprint density at radius 1 is 1.29 bits per heavy atom. The van der Waals surface area contributed by atoms with Crippen molar-refractivity contribution in [1.29, 1.82) is 0 Å². The topological polar surface area (TPSA) is 112 Å². The maximum absolute atomic E-state index is 12.0. The normalized spacial score (nSPS) is 10.1. The number of anilines is 1. The highest BCUT2D eigenvalue weighted by Crippen LogP contribution is 2.17. The molecule has 0 aliphatic rings. The van der Waals surface area contributed by atoms with Crippen LogP contribution in [0.2, 0.25) is 0 Å². The molecule has 0 saturated heterocycles. The number of aromatic amines is 1. The van der Waals surface area contributed by atoms with Gasteiger partial charge in [0.25, 0.3) is 11.5 Å². The van der Waals surface area contributed by atoms with Crippen LogP contribution in [-0.4, -0.2) is 27.0 Å². The van der Waals surface area contributed by atoms with Gasteiger partial charge in [-0.25, -0.2) is 4.98 Å². The second-order valence-electron chi connectivity index (χ2n) is 4.30. The van der Waals surface area contributed by atoms with Gasteiger partial charge in [0.05, 0.1) is 6.20 Å². The van der Waals surface area contributed by atoms with Crippen LogP contribution >= 0.6 is 0 Å². The molecule has 1 heterocycles. The maximum atomic E-state index is 12.0. The van der Waals surface area contributed by atoms with Crippen LogP contribution in [0.1, 0.15) is 22.5 Å². The molecule has 1 aromatic heterocycles. The fourth-order valence-corrected chi connectivity index (χ4v) is 1.75. The monoisotopic (exact) mass is 287 g/mol. The summed E-state index contributed by atoms with van der Waals surface area (Å²) in [5.74, 6) is -1.38. The van der Waals surface area contributed by atoms with Crippen molar-refractivity contribution in [2.45, 2.75) is 12.8 Å². The minimum Gasteiger partial charge on any atom is -0.481 e. The minimum atomic E-state index is -0.904. The zero-order chi connectivity index (χ0) is 15.2. The molecule has 3 N–H and O–H groups in total. The Morgan fingerprint density at radius 2 is 2.05 bits per heavy atom. The summed E-state index contributed by atoms with van der Waals surface area (Å²) in [5, 5.41) is 11.4. The van der Waals surface area contributed by atoms with E-state index < -0.39 is 17.4 Å². The number of benzene rings is 1. The van der Waals surface area contributed by atoms with Crippen molar-refractivity contribution in [2.75, 3.05) is 5.32 Å². The number of rotatable bonds is 5. The molecule has 1 aromatic carbocycles. The molecular weight excluding hydrogens is 274 g/mol. The van der Waals surface area contributed by atoms with Crippen molar-refractivity contribution in [3.63, 3.8) is 0 Å². The lowest BCUT2D eigenvalue weighted by Gasteiger charge is -2.09. The highest BCUT2D eigenvalue weighted by atomic mass is 16.4. The number of para-hydroxylation sites is 1. The average molecular weight is 287 g/mol. The van der Waals surface area contributed by atoms with Crippen molar-refractivity contribution < 1.29 is 14.7 Å². The van der Waals surface area contributed by atoms with Crippen molar-refractivity contribution >= 4 is 17.6 Å². The van der Waals surface area contributed by atoms with E-state index in [9.17, 15) is 14.4 Å². The summed E-state index contributed by atoms with van der Waals surface area (Å²) in [6.45, 7) is 0. The Labute approximate surface area is 119 Å². The molecule has 7 nitrogen and oxygen atoms in total. The van der Waals surface area contributed by atoms with Crippen molar-refractivity contribution in [2.24, 2.45) is 0 Å². The standard InChI is InChI=1S/C14H13N3O4/c18-12-8-15-11(7-16-12)14(21)17-10-4-2-1-3-9(10)5-6-13(19)20/h1-4,7-8H,5-6H2,(H,16,18)(H,17,21)(H,19,20). The van der Waals surface area contributed by atoms with Crippen LogP contribution < -0.4 is 10.9 Å². The fraction of sp³-hybridized carbons (Fsp3) is 0.143. The van der Waals surface area contributed by atoms with Gasteiger partial charge < -0.3 is 15.4 Å². The number of amides is 1. The predicted molar refractivity (Wildman–Crippen MR) is 75.2 cm³/mol. The van der Waals surface area contributed by atoms with Gasteiger partial charge in [0.1, 0.15) is 5.69 Å². The van der Waals surface area contributed by atoms with E-state index in [4.69, 9.17) is 5.11 Å². The summed E-state index contributed by atoms with van der Waals surface area (Å²) in [6, 6.07) is 6.94. The Bertz CT molecular complexity index is 704. The minimum absolute atomic E-state index is 0.0240. The van der Waals surface area contributed by atoms with E-state index in [1.165, 1.54) is 6.20 Å². The van der Waals surface area contributed by atoms with Gasteiger partial charge in [-0.1, -0.05) is 18.2 Å². The van der Waals surface area contributed by atoms with Gasteiger partial charge in [0, 0.05) is 18.3 Å². The van der Waals surface area contributed by atoms with E-state index in [0.717, 1.165) is 11.8 Å². The van der Waals surface area contributed by atoms with E-state index in [-0.39, 0.29) is 12.1 Å². The van der Waals surface area contributed by atoms with Gasteiger partial charge in [0.15, 0.2) is 0 Å². The molecule has 1 amide bonds. The first-order valence-corrected chi connectivity index (χ1v) is 6.22. The third kappa shape index (κ3) is 4.00. The number of nitrogens with zero attached hydrogens (tertiary/aromatic N) is 1. The number of hydrogen-bond acceptors (Lipinski definition) is 4. The number of H-pyrrole nitrogens is 1. The van der Waals surface area contributed by atoms with Crippen molar-refractivity contribution in [1.82, 2.24) is 9.97 Å². The van der Waals surface area contributed by atoms with Crippen LogP contribution in [0.3, 0.4) is 0 Å². The summed E-state index contributed by atoms with van der Waals surface area (Å²) in [4.78, 5) is 39.6. The Kier molecular flexibility index (Phi) is 4.45. The molecular formula is C14H13N3O4. The summed E-state index contributed by atoms with van der Waals surface area (Å²) in [5.41, 5.74) is 0.922. The number of aryl methyl sites for hydroxylation is 1.